The van der Waals surface area contributed by atoms with Gasteiger partial charge in [0.05, 0.1) is 28.8 Å². The van der Waals surface area contributed by atoms with Crippen molar-refractivity contribution in [2.75, 3.05) is 26.2 Å². The number of hydrogen-bond donors (Lipinski definition) is 3. The predicted octanol–water partition coefficient (Wildman–Crippen LogP) is 5.13. The molecule has 282 valence electrons. The number of para-hydroxylation sites is 1. The molecule has 0 saturated carbocycles. The SMILES string of the molecule is CC[C@H](C)[C@@H](C(=O)N[C@@H](Cc1ccccc1)[C@@H](O)CN(CC(C)C)S(=O)(=O)c1ccc(C=NO)cc1)N1CCN(Cc2cccc3cccnc23)C1=O. The number of pyridine rings is 1. The quantitative estimate of drug-likeness (QED) is 0.0770. The van der Waals surface area contributed by atoms with Gasteiger partial charge in [-0.25, -0.2) is 13.2 Å². The molecule has 2 heterocycles. The van der Waals surface area contributed by atoms with Gasteiger partial charge in [-0.3, -0.25) is 9.78 Å². The van der Waals surface area contributed by atoms with Crippen LogP contribution < -0.4 is 5.32 Å². The molecule has 5 rings (SSSR count). The third kappa shape index (κ3) is 9.58. The van der Waals surface area contributed by atoms with Gasteiger partial charge in [-0.15, -0.1) is 0 Å². The lowest BCUT2D eigenvalue weighted by atomic mass is 9.95. The molecule has 4 atom stereocenters. The Morgan fingerprint density at radius 2 is 1.70 bits per heavy atom. The van der Waals surface area contributed by atoms with Gasteiger partial charge in [-0.1, -0.05) is 106 Å². The van der Waals surface area contributed by atoms with Crippen molar-refractivity contribution >= 4 is 39.1 Å². The van der Waals surface area contributed by atoms with Gasteiger partial charge in [0.25, 0.3) is 0 Å². The van der Waals surface area contributed by atoms with Crippen molar-refractivity contribution in [3.63, 3.8) is 0 Å². The van der Waals surface area contributed by atoms with Crippen LogP contribution in [0.4, 0.5) is 4.79 Å². The number of amides is 3. The van der Waals surface area contributed by atoms with Crippen LogP contribution in [0.2, 0.25) is 0 Å². The van der Waals surface area contributed by atoms with E-state index in [0.29, 0.717) is 31.6 Å². The first-order chi connectivity index (χ1) is 25.4. The van der Waals surface area contributed by atoms with Gasteiger partial charge >= 0.3 is 6.03 Å². The Hall–Kier alpha value is -4.85. The number of nitrogens with one attached hydrogen (secondary N) is 1. The summed E-state index contributed by atoms with van der Waals surface area (Å²) in [6, 6.07) is 23.1. The number of hydrogen-bond acceptors (Lipinski definition) is 8. The maximum Gasteiger partial charge on any atom is 0.321 e. The molecule has 0 bridgehead atoms. The molecule has 4 aromatic rings. The minimum absolute atomic E-state index is 0.0253. The van der Waals surface area contributed by atoms with E-state index in [0.717, 1.165) is 22.0 Å². The van der Waals surface area contributed by atoms with Crippen LogP contribution in [0.15, 0.2) is 101 Å². The molecule has 0 aliphatic carbocycles. The minimum atomic E-state index is -4.07. The van der Waals surface area contributed by atoms with E-state index >= 15 is 0 Å². The third-order valence-corrected chi connectivity index (χ3v) is 11.6. The number of rotatable bonds is 17. The number of aromatic nitrogens is 1. The minimum Gasteiger partial charge on any atom is -0.411 e. The van der Waals surface area contributed by atoms with Crippen molar-refractivity contribution in [1.82, 2.24) is 24.4 Å². The van der Waals surface area contributed by atoms with Crippen LogP contribution in [0.25, 0.3) is 10.9 Å². The van der Waals surface area contributed by atoms with Gasteiger partial charge in [0, 0.05) is 44.3 Å². The molecular formula is C40H50N6O6S. The number of sulfonamides is 1. The van der Waals surface area contributed by atoms with Crippen LogP contribution in [-0.2, 0) is 27.8 Å². The Bertz CT molecular complexity index is 1970. The topological polar surface area (TPSA) is 156 Å². The summed E-state index contributed by atoms with van der Waals surface area (Å²) >= 11 is 0. The predicted molar refractivity (Wildman–Crippen MR) is 205 cm³/mol. The highest BCUT2D eigenvalue weighted by Gasteiger charge is 2.41. The molecule has 1 aliphatic rings. The van der Waals surface area contributed by atoms with Crippen molar-refractivity contribution in [3.05, 3.63) is 108 Å². The maximum absolute atomic E-state index is 14.4. The van der Waals surface area contributed by atoms with E-state index in [4.69, 9.17) is 5.21 Å². The normalized spacial score (nSPS) is 16.1. The van der Waals surface area contributed by atoms with Crippen molar-refractivity contribution in [2.45, 2.75) is 70.2 Å². The van der Waals surface area contributed by atoms with Crippen molar-refractivity contribution in [3.8, 4) is 0 Å². The van der Waals surface area contributed by atoms with Crippen molar-refractivity contribution in [2.24, 2.45) is 17.0 Å². The zero-order valence-electron chi connectivity index (χ0n) is 30.7. The summed E-state index contributed by atoms with van der Waals surface area (Å²) in [5.74, 6) is -0.673. The molecule has 3 N–H and O–H groups in total. The maximum atomic E-state index is 14.4. The van der Waals surface area contributed by atoms with Crippen LogP contribution in [0, 0.1) is 11.8 Å². The Morgan fingerprint density at radius 1 is 0.981 bits per heavy atom. The summed E-state index contributed by atoms with van der Waals surface area (Å²) in [5.41, 5.74) is 3.12. The average molecular weight is 743 g/mol. The van der Waals surface area contributed by atoms with Crippen LogP contribution in [-0.4, -0.2) is 100 Å². The van der Waals surface area contributed by atoms with Gasteiger partial charge in [-0.2, -0.15) is 4.31 Å². The van der Waals surface area contributed by atoms with Crippen molar-refractivity contribution < 1.29 is 28.3 Å². The number of benzene rings is 3. The lowest BCUT2D eigenvalue weighted by molar-refractivity contribution is -0.128. The van der Waals surface area contributed by atoms with E-state index in [-0.39, 0.29) is 42.3 Å². The molecule has 3 amide bonds. The van der Waals surface area contributed by atoms with Gasteiger partial charge in [0.2, 0.25) is 15.9 Å². The monoisotopic (exact) mass is 742 g/mol. The molecule has 53 heavy (non-hydrogen) atoms. The molecule has 3 aromatic carbocycles. The Labute approximate surface area is 312 Å². The molecule has 0 radical (unpaired) electrons. The largest absolute Gasteiger partial charge is 0.411 e. The lowest BCUT2D eigenvalue weighted by Gasteiger charge is -2.35. The van der Waals surface area contributed by atoms with E-state index in [1.165, 1.54) is 34.8 Å². The van der Waals surface area contributed by atoms with Crippen LogP contribution in [0.5, 0.6) is 0 Å². The lowest BCUT2D eigenvalue weighted by Crippen LogP contribution is -2.57. The number of carbonyl (C=O) groups excluding carboxylic acids is 2. The number of urea groups is 1. The summed E-state index contributed by atoms with van der Waals surface area (Å²) in [6.45, 7) is 8.69. The zero-order valence-corrected chi connectivity index (χ0v) is 31.6. The first kappa shape index (κ1) is 39.4. The fraction of sp³-hybridized carbons (Fsp3) is 0.400. The van der Waals surface area contributed by atoms with E-state index < -0.39 is 34.1 Å². The van der Waals surface area contributed by atoms with E-state index in [1.807, 2.05) is 88.4 Å². The smallest absolute Gasteiger partial charge is 0.321 e. The first-order valence-electron chi connectivity index (χ1n) is 18.1. The number of aliphatic hydroxyl groups is 1. The number of aliphatic hydroxyl groups excluding tert-OH is 1. The zero-order chi connectivity index (χ0) is 38.1. The van der Waals surface area contributed by atoms with Crippen LogP contribution in [0.1, 0.15) is 50.8 Å². The van der Waals surface area contributed by atoms with E-state index in [9.17, 15) is 23.1 Å². The average Bonchev–Trinajstić information content (AvgIpc) is 3.50. The van der Waals surface area contributed by atoms with Crippen LogP contribution >= 0.6 is 0 Å². The Balaban J connectivity index is 1.39. The summed E-state index contributed by atoms with van der Waals surface area (Å²) in [4.78, 5) is 36.3. The first-order valence-corrected chi connectivity index (χ1v) is 19.5. The second kappa shape index (κ2) is 17.8. The number of carbonyl (C=O) groups is 2. The molecule has 0 unspecified atom stereocenters. The highest BCUT2D eigenvalue weighted by Crippen LogP contribution is 2.26. The second-order valence-corrected chi connectivity index (χ2v) is 16.1. The van der Waals surface area contributed by atoms with E-state index in [1.54, 1.807) is 16.0 Å². The van der Waals surface area contributed by atoms with Gasteiger partial charge < -0.3 is 25.4 Å². The number of oxime groups is 1. The second-order valence-electron chi connectivity index (χ2n) is 14.1. The molecule has 0 spiro atoms. The molecule has 1 fully saturated rings. The summed E-state index contributed by atoms with van der Waals surface area (Å²) in [6.07, 6.45) is 2.50. The van der Waals surface area contributed by atoms with Gasteiger partial charge in [0.1, 0.15) is 6.04 Å². The Morgan fingerprint density at radius 3 is 2.38 bits per heavy atom. The van der Waals surface area contributed by atoms with Gasteiger partial charge in [0.15, 0.2) is 0 Å². The highest BCUT2D eigenvalue weighted by molar-refractivity contribution is 7.89. The molecule has 13 heteroatoms. The summed E-state index contributed by atoms with van der Waals surface area (Å²) in [5, 5.41) is 27.8. The van der Waals surface area contributed by atoms with Crippen LogP contribution in [0.3, 0.4) is 0 Å². The standard InChI is InChI=1S/C40H50N6O6S/c1-5-29(4)38(46-22-21-44(40(46)49)26-33-14-9-13-32-15-10-20-41-37(32)33)39(48)43-35(23-30-11-7-6-8-12-30)36(47)27-45(25-28(2)3)53(51,52)34-18-16-31(17-19-34)24-42-50/h6-20,24,28-29,35-36,38,47,50H,5,21-23,25-27H2,1-4H3,(H,43,48)/t29-,35-,36-,38-/m0/s1. The molecular weight excluding hydrogens is 693 g/mol. The molecule has 1 aromatic heterocycles. The summed E-state index contributed by atoms with van der Waals surface area (Å²) in [7, 11) is -4.07. The van der Waals surface area contributed by atoms with E-state index in [2.05, 4.69) is 15.5 Å². The fourth-order valence-corrected chi connectivity index (χ4v) is 8.43. The molecule has 1 aliphatic heterocycles. The number of nitrogens with zero attached hydrogens (tertiary/aromatic N) is 5. The summed E-state index contributed by atoms with van der Waals surface area (Å²) < 4.78 is 29.1. The molecule has 1 saturated heterocycles. The third-order valence-electron chi connectivity index (χ3n) is 9.77. The number of fused-ring (bicyclic) bond motifs is 1. The highest BCUT2D eigenvalue weighted by atomic mass is 32.2. The Kier molecular flexibility index (Phi) is 13.2. The molecule has 12 nitrogen and oxygen atoms in total. The van der Waals surface area contributed by atoms with Crippen molar-refractivity contribution in [1.29, 1.82) is 0 Å². The fourth-order valence-electron chi connectivity index (χ4n) is 6.81. The van der Waals surface area contributed by atoms with Gasteiger partial charge in [-0.05, 0) is 53.1 Å².